The molecule has 5 rings (SSSR count). The molecule has 1 atom stereocenters. The Morgan fingerprint density at radius 3 is 2.69 bits per heavy atom. The van der Waals surface area contributed by atoms with Crippen molar-refractivity contribution in [3.63, 3.8) is 0 Å². The third kappa shape index (κ3) is 6.33. The van der Waals surface area contributed by atoms with Crippen molar-refractivity contribution in [2.75, 3.05) is 45.2 Å². The van der Waals surface area contributed by atoms with E-state index in [1.165, 1.54) is 0 Å². The lowest BCUT2D eigenvalue weighted by Crippen LogP contribution is -2.48. The number of aromatic nitrogens is 1. The minimum atomic E-state index is -4.22. The number of halogens is 3. The first kappa shape index (κ1) is 27.3. The number of nitrogens with one attached hydrogen (secondary N) is 2. The minimum absolute atomic E-state index is 0.0657. The summed E-state index contributed by atoms with van der Waals surface area (Å²) in [5.74, 6) is 0.314. The molecule has 7 nitrogen and oxygen atoms in total. The van der Waals surface area contributed by atoms with Gasteiger partial charge in [-0.2, -0.15) is 13.2 Å². The molecule has 2 heterocycles. The van der Waals surface area contributed by atoms with E-state index in [0.717, 1.165) is 46.2 Å². The van der Waals surface area contributed by atoms with Crippen LogP contribution in [0.15, 0.2) is 36.5 Å². The van der Waals surface area contributed by atoms with Crippen LogP contribution >= 0.6 is 0 Å². The lowest BCUT2D eigenvalue weighted by atomic mass is 9.97. The summed E-state index contributed by atoms with van der Waals surface area (Å²) in [5, 5.41) is 14.1. The summed E-state index contributed by atoms with van der Waals surface area (Å²) >= 11 is 0. The Bertz CT molecular complexity index is 1340. The fourth-order valence-corrected chi connectivity index (χ4v) is 5.53. The summed E-state index contributed by atoms with van der Waals surface area (Å²) in [4.78, 5) is 19.3. The van der Waals surface area contributed by atoms with E-state index >= 15 is 0 Å². The zero-order chi connectivity index (χ0) is 27.7. The second-order valence-electron chi connectivity index (χ2n) is 10.7. The molecule has 3 aromatic rings. The second kappa shape index (κ2) is 11.1. The molecule has 1 saturated carbocycles. The van der Waals surface area contributed by atoms with Crippen LogP contribution in [0, 0.1) is 12.8 Å². The van der Waals surface area contributed by atoms with Crippen LogP contribution < -0.4 is 10.1 Å². The Labute approximate surface area is 225 Å². The van der Waals surface area contributed by atoms with Gasteiger partial charge in [0.2, 0.25) is 0 Å². The average molecular weight is 545 g/mol. The summed E-state index contributed by atoms with van der Waals surface area (Å²) in [6.07, 6.45) is -0.917. The molecule has 10 heteroatoms. The third-order valence-corrected chi connectivity index (χ3v) is 7.92. The second-order valence-corrected chi connectivity index (χ2v) is 10.7. The molecule has 0 bridgehead atoms. The van der Waals surface area contributed by atoms with Gasteiger partial charge in [0.1, 0.15) is 5.75 Å². The molecule has 2 aromatic carbocycles. The molecule has 1 aliphatic carbocycles. The van der Waals surface area contributed by atoms with Gasteiger partial charge in [-0.05, 0) is 61.1 Å². The van der Waals surface area contributed by atoms with E-state index in [9.17, 15) is 23.1 Å². The van der Waals surface area contributed by atoms with Crippen LogP contribution in [0.5, 0.6) is 5.75 Å². The number of ether oxygens (including phenoxy) is 1. The van der Waals surface area contributed by atoms with E-state index in [1.807, 2.05) is 36.2 Å². The Balaban J connectivity index is 1.48. The normalized spacial score (nSPS) is 18.9. The Kier molecular flexibility index (Phi) is 7.77. The molecular weight excluding hydrogens is 509 g/mol. The van der Waals surface area contributed by atoms with Crippen LogP contribution in [0.3, 0.4) is 0 Å². The maximum Gasteiger partial charge on any atom is 0.390 e. The van der Waals surface area contributed by atoms with Crippen molar-refractivity contribution in [2.45, 2.75) is 44.9 Å². The molecular formula is C29H35F3N4O3. The first-order chi connectivity index (χ1) is 18.6. The van der Waals surface area contributed by atoms with E-state index in [1.54, 1.807) is 19.2 Å². The topological polar surface area (TPSA) is 80.8 Å². The molecule has 210 valence electrons. The SMILES string of the molecule is COc1cc(C)c2[nH]ccc2c1CN1CCN(CCC(F)(F)F)C[C@@H]1c1ccc(C(=O)O)c(NCC2CC2)c1. The Hall–Kier alpha value is -3.24. The van der Waals surface area contributed by atoms with Crippen LogP contribution in [-0.2, 0) is 6.54 Å². The number of rotatable bonds is 10. The first-order valence-electron chi connectivity index (χ1n) is 13.4. The number of aromatic amines is 1. The van der Waals surface area contributed by atoms with Gasteiger partial charge < -0.3 is 20.1 Å². The standard InChI is InChI=1S/C29H35F3N4O3/c1-18-13-26(39-2)23(21-7-9-33-27(18)21)16-36-12-11-35(10-8-29(30,31)32)17-25(36)20-5-6-22(28(37)38)24(14-20)34-15-19-3-4-19/h5-7,9,13-14,19,25,33-34H,3-4,8,10-12,15-17H2,1-2H3,(H,37,38)/t25-/m1/s1. The molecule has 0 radical (unpaired) electrons. The quantitative estimate of drug-likeness (QED) is 0.299. The van der Waals surface area contributed by atoms with Crippen LogP contribution in [-0.4, -0.2) is 71.9 Å². The van der Waals surface area contributed by atoms with E-state index in [2.05, 4.69) is 15.2 Å². The van der Waals surface area contributed by atoms with Crippen LogP contribution in [0.1, 0.15) is 52.4 Å². The molecule has 0 amide bonds. The highest BCUT2D eigenvalue weighted by Crippen LogP contribution is 2.37. The largest absolute Gasteiger partial charge is 0.496 e. The smallest absolute Gasteiger partial charge is 0.390 e. The number of hydrogen-bond acceptors (Lipinski definition) is 5. The highest BCUT2D eigenvalue weighted by Gasteiger charge is 2.33. The number of aryl methyl sites for hydroxylation is 1. The number of H-pyrrole nitrogens is 1. The number of carboxylic acids is 1. The number of carbonyl (C=O) groups is 1. The third-order valence-electron chi connectivity index (χ3n) is 7.92. The fourth-order valence-electron chi connectivity index (χ4n) is 5.53. The minimum Gasteiger partial charge on any atom is -0.496 e. The van der Waals surface area contributed by atoms with Gasteiger partial charge in [0, 0.05) is 73.7 Å². The van der Waals surface area contributed by atoms with Gasteiger partial charge in [-0.15, -0.1) is 0 Å². The Morgan fingerprint density at radius 2 is 2.00 bits per heavy atom. The number of carboxylic acid groups (broad SMARTS) is 1. The maximum absolute atomic E-state index is 13.0. The summed E-state index contributed by atoms with van der Waals surface area (Å²) in [6.45, 7) is 4.70. The lowest BCUT2D eigenvalue weighted by molar-refractivity contribution is -0.139. The number of piperazine rings is 1. The van der Waals surface area contributed by atoms with E-state index < -0.39 is 18.6 Å². The summed E-state index contributed by atoms with van der Waals surface area (Å²) in [7, 11) is 1.64. The van der Waals surface area contributed by atoms with E-state index in [-0.39, 0.29) is 18.2 Å². The predicted molar refractivity (Wildman–Crippen MR) is 144 cm³/mol. The van der Waals surface area contributed by atoms with Crippen molar-refractivity contribution >= 4 is 22.6 Å². The van der Waals surface area contributed by atoms with Gasteiger partial charge in [-0.1, -0.05) is 6.07 Å². The molecule has 0 unspecified atom stereocenters. The van der Waals surface area contributed by atoms with Crippen LogP contribution in [0.4, 0.5) is 18.9 Å². The first-order valence-corrected chi connectivity index (χ1v) is 13.4. The molecule has 2 aliphatic rings. The molecule has 39 heavy (non-hydrogen) atoms. The molecule has 2 fully saturated rings. The van der Waals surface area contributed by atoms with Gasteiger partial charge in [0.25, 0.3) is 0 Å². The van der Waals surface area contributed by atoms with Crippen molar-refractivity contribution in [1.82, 2.24) is 14.8 Å². The van der Waals surface area contributed by atoms with Gasteiger partial charge in [-0.25, -0.2) is 4.79 Å². The molecule has 0 spiro atoms. The molecule has 1 aromatic heterocycles. The Morgan fingerprint density at radius 1 is 1.21 bits per heavy atom. The number of benzene rings is 2. The van der Waals surface area contributed by atoms with Gasteiger partial charge >= 0.3 is 12.1 Å². The van der Waals surface area contributed by atoms with Gasteiger partial charge in [0.05, 0.1) is 19.1 Å². The highest BCUT2D eigenvalue weighted by atomic mass is 19.4. The van der Waals surface area contributed by atoms with Gasteiger partial charge in [0.15, 0.2) is 0 Å². The van der Waals surface area contributed by atoms with Crippen molar-refractivity contribution < 1.29 is 27.8 Å². The number of hydrogen-bond donors (Lipinski definition) is 3. The highest BCUT2D eigenvalue weighted by molar-refractivity contribution is 5.94. The number of anilines is 1. The van der Waals surface area contributed by atoms with Crippen LogP contribution in [0.25, 0.3) is 10.9 Å². The number of fused-ring (bicyclic) bond motifs is 1. The van der Waals surface area contributed by atoms with Crippen molar-refractivity contribution in [1.29, 1.82) is 0 Å². The monoisotopic (exact) mass is 544 g/mol. The number of nitrogens with zero attached hydrogens (tertiary/aromatic N) is 2. The van der Waals surface area contributed by atoms with Gasteiger partial charge in [-0.3, -0.25) is 9.80 Å². The zero-order valence-corrected chi connectivity index (χ0v) is 22.3. The summed E-state index contributed by atoms with van der Waals surface area (Å²) < 4.78 is 44.9. The number of alkyl halides is 3. The van der Waals surface area contributed by atoms with Crippen molar-refractivity contribution in [3.8, 4) is 5.75 Å². The predicted octanol–water partition coefficient (Wildman–Crippen LogP) is 5.82. The maximum atomic E-state index is 13.0. The fraction of sp³-hybridized carbons (Fsp3) is 0.483. The zero-order valence-electron chi connectivity index (χ0n) is 22.3. The van der Waals surface area contributed by atoms with Crippen LogP contribution in [0.2, 0.25) is 0 Å². The number of aromatic carboxylic acids is 1. The molecule has 3 N–H and O–H groups in total. The average Bonchev–Trinajstić information content (AvgIpc) is 3.60. The summed E-state index contributed by atoms with van der Waals surface area (Å²) in [6, 6.07) is 9.08. The number of methoxy groups -OCH3 is 1. The van der Waals surface area contributed by atoms with E-state index in [0.29, 0.717) is 44.3 Å². The van der Waals surface area contributed by atoms with Crippen molar-refractivity contribution in [2.24, 2.45) is 5.92 Å². The van der Waals surface area contributed by atoms with E-state index in [4.69, 9.17) is 4.74 Å². The summed E-state index contributed by atoms with van der Waals surface area (Å²) in [5.41, 5.74) is 4.75. The lowest BCUT2D eigenvalue weighted by Gasteiger charge is -2.42. The van der Waals surface area contributed by atoms with Crippen molar-refractivity contribution in [3.05, 3.63) is 58.8 Å². The molecule has 1 saturated heterocycles. The molecule has 1 aliphatic heterocycles.